The fourth-order valence-electron chi connectivity index (χ4n) is 5.19. The highest BCUT2D eigenvalue weighted by Crippen LogP contribution is 2.34. The largest absolute Gasteiger partial charge is 0.497 e. The first-order chi connectivity index (χ1) is 19.4. The molecule has 1 spiro atoms. The van der Waals surface area contributed by atoms with Gasteiger partial charge in [0.25, 0.3) is 5.91 Å². The average molecular weight is 554 g/mol. The second kappa shape index (κ2) is 13.7. The predicted octanol–water partition coefficient (Wildman–Crippen LogP) is 5.15. The van der Waals surface area contributed by atoms with E-state index in [1.807, 2.05) is 36.4 Å². The molecular formula is C31H43N3O6. The maximum absolute atomic E-state index is 13.6. The summed E-state index contributed by atoms with van der Waals surface area (Å²) in [4.78, 5) is 30.2. The Kier molecular flexibility index (Phi) is 10.1. The first kappa shape index (κ1) is 29.5. The molecule has 0 radical (unpaired) electrons. The molecule has 0 unspecified atom stereocenters. The van der Waals surface area contributed by atoms with Gasteiger partial charge in [0.1, 0.15) is 17.0 Å². The summed E-state index contributed by atoms with van der Waals surface area (Å²) in [6.45, 7) is 7.75. The molecule has 2 heterocycles. The van der Waals surface area contributed by atoms with Crippen LogP contribution in [0.15, 0.2) is 36.4 Å². The summed E-state index contributed by atoms with van der Waals surface area (Å²) < 4.78 is 22.8. The fourth-order valence-corrected chi connectivity index (χ4v) is 5.19. The smallest absolute Gasteiger partial charge is 0.325 e. The Labute approximate surface area is 237 Å². The molecule has 3 amide bonds. The Bertz CT molecular complexity index is 1140. The second-order valence-electron chi connectivity index (χ2n) is 10.6. The summed E-state index contributed by atoms with van der Waals surface area (Å²) in [6.07, 6.45) is 5.10. The summed E-state index contributed by atoms with van der Waals surface area (Å²) in [7, 11) is 3.28. The van der Waals surface area contributed by atoms with Crippen molar-refractivity contribution in [2.45, 2.75) is 71.0 Å². The number of hydrogen-bond acceptors (Lipinski definition) is 7. The standard InChI is InChI=1S/C31H43N3O6/c1-5-7-15-39-27-10-9-23(19-28(27)40-16-8-6-2)22-34-29(35)31(32-30(34)36)11-13-33(14-12-31)21-24-17-25(37-3)20-26(18-24)38-4/h9-10,17-20H,5-8,11-16,21-22H2,1-4H3,(H,32,36). The van der Waals surface area contributed by atoms with Crippen LogP contribution in [0.4, 0.5) is 4.79 Å². The van der Waals surface area contributed by atoms with Gasteiger partial charge in [-0.15, -0.1) is 0 Å². The molecule has 2 aromatic carbocycles. The van der Waals surface area contributed by atoms with Crippen molar-refractivity contribution < 1.29 is 28.5 Å². The lowest BCUT2D eigenvalue weighted by Gasteiger charge is -2.37. The molecule has 2 aromatic rings. The zero-order valence-electron chi connectivity index (χ0n) is 24.3. The Balaban J connectivity index is 1.40. The van der Waals surface area contributed by atoms with Crippen LogP contribution in [0, 0.1) is 0 Å². The number of ether oxygens (including phenoxy) is 4. The van der Waals surface area contributed by atoms with Gasteiger partial charge in [-0.1, -0.05) is 32.8 Å². The van der Waals surface area contributed by atoms with Crippen molar-refractivity contribution in [1.29, 1.82) is 0 Å². The van der Waals surface area contributed by atoms with Crippen LogP contribution in [0.2, 0.25) is 0 Å². The molecule has 40 heavy (non-hydrogen) atoms. The van der Waals surface area contributed by atoms with Gasteiger partial charge < -0.3 is 24.3 Å². The number of carbonyl (C=O) groups is 2. The molecule has 2 aliphatic heterocycles. The zero-order valence-corrected chi connectivity index (χ0v) is 24.3. The molecule has 2 aliphatic rings. The van der Waals surface area contributed by atoms with Crippen molar-refractivity contribution in [3.8, 4) is 23.0 Å². The van der Waals surface area contributed by atoms with Gasteiger partial charge in [0.2, 0.25) is 0 Å². The van der Waals surface area contributed by atoms with Crippen molar-refractivity contribution in [1.82, 2.24) is 15.1 Å². The van der Waals surface area contributed by atoms with E-state index in [9.17, 15) is 9.59 Å². The Morgan fingerprint density at radius 1 is 0.800 bits per heavy atom. The van der Waals surface area contributed by atoms with Crippen molar-refractivity contribution in [2.75, 3.05) is 40.5 Å². The molecule has 0 saturated carbocycles. The van der Waals surface area contributed by atoms with Crippen molar-refractivity contribution in [3.05, 3.63) is 47.5 Å². The molecule has 9 nitrogen and oxygen atoms in total. The number of piperidine rings is 1. The summed E-state index contributed by atoms with van der Waals surface area (Å²) in [5.41, 5.74) is 1.05. The number of nitrogens with zero attached hydrogens (tertiary/aromatic N) is 2. The normalized spacial score (nSPS) is 16.8. The molecule has 0 atom stereocenters. The number of urea groups is 1. The third-order valence-corrected chi connectivity index (χ3v) is 7.63. The highest BCUT2D eigenvalue weighted by Gasteiger charge is 2.52. The number of benzene rings is 2. The molecule has 218 valence electrons. The topological polar surface area (TPSA) is 89.6 Å². The van der Waals surface area contributed by atoms with Crippen LogP contribution < -0.4 is 24.3 Å². The van der Waals surface area contributed by atoms with Gasteiger partial charge in [-0.05, 0) is 61.1 Å². The molecule has 0 bridgehead atoms. The van der Waals surface area contributed by atoms with E-state index in [1.165, 1.54) is 4.90 Å². The van der Waals surface area contributed by atoms with E-state index in [4.69, 9.17) is 18.9 Å². The molecule has 2 fully saturated rings. The summed E-state index contributed by atoms with van der Waals surface area (Å²) in [6, 6.07) is 11.2. The Morgan fingerprint density at radius 3 is 2.02 bits per heavy atom. The summed E-state index contributed by atoms with van der Waals surface area (Å²) in [5.74, 6) is 2.69. The number of hydrogen-bond donors (Lipinski definition) is 1. The molecule has 4 rings (SSSR count). The van der Waals surface area contributed by atoms with Gasteiger partial charge in [-0.2, -0.15) is 0 Å². The lowest BCUT2D eigenvalue weighted by Crippen LogP contribution is -2.54. The van der Waals surface area contributed by atoms with Crippen LogP contribution in [0.1, 0.15) is 63.5 Å². The Hall–Kier alpha value is -3.46. The van der Waals surface area contributed by atoms with E-state index in [0.717, 1.165) is 48.3 Å². The third kappa shape index (κ3) is 6.99. The monoisotopic (exact) mass is 553 g/mol. The number of unbranched alkanes of at least 4 members (excludes halogenated alkanes) is 2. The van der Waals surface area contributed by atoms with Gasteiger partial charge in [0, 0.05) is 25.7 Å². The maximum Gasteiger partial charge on any atom is 0.325 e. The van der Waals surface area contributed by atoms with E-state index in [-0.39, 0.29) is 18.5 Å². The molecule has 9 heteroatoms. The van der Waals surface area contributed by atoms with Gasteiger partial charge in [-0.3, -0.25) is 14.6 Å². The van der Waals surface area contributed by atoms with Gasteiger partial charge >= 0.3 is 6.03 Å². The number of methoxy groups -OCH3 is 2. The maximum atomic E-state index is 13.6. The molecule has 0 aliphatic carbocycles. The second-order valence-corrected chi connectivity index (χ2v) is 10.6. The number of likely N-dealkylation sites (tertiary alicyclic amines) is 1. The number of rotatable bonds is 14. The van der Waals surface area contributed by atoms with E-state index < -0.39 is 5.54 Å². The van der Waals surface area contributed by atoms with E-state index in [0.29, 0.717) is 57.2 Å². The van der Waals surface area contributed by atoms with Crippen LogP contribution in [-0.2, 0) is 17.9 Å². The summed E-state index contributed by atoms with van der Waals surface area (Å²) >= 11 is 0. The SMILES string of the molecule is CCCCOc1ccc(CN2C(=O)NC3(CCN(Cc4cc(OC)cc(OC)c4)CC3)C2=O)cc1OCCCC. The highest BCUT2D eigenvalue weighted by atomic mass is 16.5. The predicted molar refractivity (Wildman–Crippen MR) is 153 cm³/mol. The molecule has 2 saturated heterocycles. The highest BCUT2D eigenvalue weighted by molar-refractivity contribution is 6.07. The van der Waals surface area contributed by atoms with Crippen LogP contribution >= 0.6 is 0 Å². The van der Waals surface area contributed by atoms with Crippen LogP contribution in [0.5, 0.6) is 23.0 Å². The molecule has 0 aromatic heterocycles. The number of carbonyl (C=O) groups excluding carboxylic acids is 2. The summed E-state index contributed by atoms with van der Waals surface area (Å²) in [5, 5.41) is 3.03. The molecule has 1 N–H and O–H groups in total. The van der Waals surface area contributed by atoms with E-state index in [2.05, 4.69) is 24.1 Å². The number of amides is 3. The minimum atomic E-state index is -0.858. The van der Waals surface area contributed by atoms with E-state index >= 15 is 0 Å². The Morgan fingerprint density at radius 2 is 1.43 bits per heavy atom. The van der Waals surface area contributed by atoms with Gasteiger partial charge in [0.15, 0.2) is 11.5 Å². The van der Waals surface area contributed by atoms with Crippen LogP contribution in [0.3, 0.4) is 0 Å². The minimum absolute atomic E-state index is 0.156. The fraction of sp³-hybridized carbons (Fsp3) is 0.548. The van der Waals surface area contributed by atoms with E-state index in [1.54, 1.807) is 14.2 Å². The van der Waals surface area contributed by atoms with Crippen LogP contribution in [0.25, 0.3) is 0 Å². The van der Waals surface area contributed by atoms with Crippen molar-refractivity contribution in [3.63, 3.8) is 0 Å². The minimum Gasteiger partial charge on any atom is -0.497 e. The van der Waals surface area contributed by atoms with Crippen molar-refractivity contribution >= 4 is 11.9 Å². The van der Waals surface area contributed by atoms with Gasteiger partial charge in [0.05, 0.1) is 34.0 Å². The first-order valence-electron chi connectivity index (χ1n) is 14.4. The first-order valence-corrected chi connectivity index (χ1v) is 14.4. The zero-order chi connectivity index (χ0) is 28.5. The average Bonchev–Trinajstić information content (AvgIpc) is 3.19. The third-order valence-electron chi connectivity index (χ3n) is 7.63. The lowest BCUT2D eigenvalue weighted by molar-refractivity contribution is -0.133. The quantitative estimate of drug-likeness (QED) is 0.256. The number of imide groups is 1. The van der Waals surface area contributed by atoms with Crippen LogP contribution in [-0.4, -0.2) is 67.8 Å². The molecular weight excluding hydrogens is 510 g/mol. The van der Waals surface area contributed by atoms with Crippen molar-refractivity contribution in [2.24, 2.45) is 0 Å². The van der Waals surface area contributed by atoms with Gasteiger partial charge in [-0.25, -0.2) is 4.79 Å². The lowest BCUT2D eigenvalue weighted by atomic mass is 9.87. The number of nitrogens with one attached hydrogen (secondary N) is 1.